The predicted molar refractivity (Wildman–Crippen MR) is 115 cm³/mol. The molecule has 5 heteroatoms. The molecule has 0 fully saturated rings. The standard InChI is InChI=1S/C24H33NO4/c1-3-4-5-19-6-8-20(9-7-19)14-21-10-12-22(13-11-21)23(29)15-24(16-26,17-27)25-18(2)28/h6-13,23,26-27,29H,3-5,14-17H2,1-2H3,(H,25,28). The molecule has 5 nitrogen and oxygen atoms in total. The first-order valence-corrected chi connectivity index (χ1v) is 10.3. The fraction of sp³-hybridized carbons (Fsp3) is 0.458. The number of carbonyl (C=O) groups is 1. The van der Waals surface area contributed by atoms with Crippen molar-refractivity contribution >= 4 is 5.91 Å². The maximum absolute atomic E-state index is 11.4. The number of rotatable bonds is 11. The maximum atomic E-state index is 11.4. The molecule has 0 spiro atoms. The summed E-state index contributed by atoms with van der Waals surface area (Å²) in [4.78, 5) is 11.4. The van der Waals surface area contributed by atoms with Crippen molar-refractivity contribution in [3.63, 3.8) is 0 Å². The normalized spacial score (nSPS) is 12.6. The molecule has 1 atom stereocenters. The van der Waals surface area contributed by atoms with E-state index in [0.717, 1.165) is 18.4 Å². The van der Waals surface area contributed by atoms with Gasteiger partial charge in [0.05, 0.1) is 24.9 Å². The number of aliphatic hydroxyl groups is 3. The Kier molecular flexibility index (Phi) is 8.83. The Morgan fingerprint density at radius 2 is 1.48 bits per heavy atom. The van der Waals surface area contributed by atoms with Crippen LogP contribution in [0, 0.1) is 0 Å². The zero-order valence-corrected chi connectivity index (χ0v) is 17.4. The molecule has 1 unspecified atom stereocenters. The van der Waals surface area contributed by atoms with Crippen LogP contribution in [-0.4, -0.2) is 40.0 Å². The van der Waals surface area contributed by atoms with E-state index in [1.54, 1.807) is 0 Å². The van der Waals surface area contributed by atoms with Crippen molar-refractivity contribution < 1.29 is 20.1 Å². The van der Waals surface area contributed by atoms with Crippen LogP contribution in [0.15, 0.2) is 48.5 Å². The highest BCUT2D eigenvalue weighted by Gasteiger charge is 2.32. The molecule has 29 heavy (non-hydrogen) atoms. The molecule has 2 aromatic carbocycles. The third-order valence-electron chi connectivity index (χ3n) is 5.25. The van der Waals surface area contributed by atoms with E-state index in [0.29, 0.717) is 5.56 Å². The van der Waals surface area contributed by atoms with Crippen molar-refractivity contribution in [3.8, 4) is 0 Å². The van der Waals surface area contributed by atoms with Crippen molar-refractivity contribution in [3.05, 3.63) is 70.8 Å². The Labute approximate surface area is 173 Å². The first-order valence-electron chi connectivity index (χ1n) is 10.3. The molecule has 158 valence electrons. The van der Waals surface area contributed by atoms with E-state index in [1.807, 2.05) is 24.3 Å². The number of hydrogen-bond donors (Lipinski definition) is 4. The second kappa shape index (κ2) is 11.1. The first kappa shape index (κ1) is 23.1. The van der Waals surface area contributed by atoms with E-state index in [4.69, 9.17) is 0 Å². The highest BCUT2D eigenvalue weighted by atomic mass is 16.3. The highest BCUT2D eigenvalue weighted by Crippen LogP contribution is 2.25. The quantitative estimate of drug-likeness (QED) is 0.468. The van der Waals surface area contributed by atoms with E-state index in [-0.39, 0.29) is 12.3 Å². The largest absolute Gasteiger partial charge is 0.394 e. The molecular formula is C24H33NO4. The molecule has 2 aromatic rings. The Hall–Kier alpha value is -2.21. The Bertz CT molecular complexity index is 751. The number of carbonyl (C=O) groups excluding carboxylic acids is 1. The molecule has 1 amide bonds. The molecule has 0 saturated carbocycles. The van der Waals surface area contributed by atoms with Gasteiger partial charge in [-0.3, -0.25) is 4.79 Å². The lowest BCUT2D eigenvalue weighted by atomic mass is 9.90. The molecule has 0 aliphatic heterocycles. The number of benzene rings is 2. The van der Waals surface area contributed by atoms with Gasteiger partial charge in [0.25, 0.3) is 0 Å². The lowest BCUT2D eigenvalue weighted by Crippen LogP contribution is -2.54. The third-order valence-corrected chi connectivity index (χ3v) is 5.25. The monoisotopic (exact) mass is 399 g/mol. The van der Waals surface area contributed by atoms with Crippen molar-refractivity contribution in [1.29, 1.82) is 0 Å². The van der Waals surface area contributed by atoms with Gasteiger partial charge < -0.3 is 20.6 Å². The summed E-state index contributed by atoms with van der Waals surface area (Å²) in [5.41, 5.74) is 3.18. The highest BCUT2D eigenvalue weighted by molar-refractivity contribution is 5.73. The van der Waals surface area contributed by atoms with E-state index < -0.39 is 24.9 Å². The molecular weight excluding hydrogens is 366 g/mol. The summed E-state index contributed by atoms with van der Waals surface area (Å²) < 4.78 is 0. The Balaban J connectivity index is 2.00. The maximum Gasteiger partial charge on any atom is 0.217 e. The second-order valence-electron chi connectivity index (χ2n) is 7.84. The first-order chi connectivity index (χ1) is 13.9. The van der Waals surface area contributed by atoms with Crippen LogP contribution in [0.3, 0.4) is 0 Å². The predicted octanol–water partition coefficient (Wildman–Crippen LogP) is 2.90. The van der Waals surface area contributed by atoms with Crippen LogP contribution in [0.4, 0.5) is 0 Å². The number of nitrogens with one attached hydrogen (secondary N) is 1. The summed E-state index contributed by atoms with van der Waals surface area (Å²) in [5.74, 6) is -0.364. The van der Waals surface area contributed by atoms with Crippen LogP contribution in [-0.2, 0) is 17.6 Å². The molecule has 0 aliphatic carbocycles. The van der Waals surface area contributed by atoms with Gasteiger partial charge >= 0.3 is 0 Å². The van der Waals surface area contributed by atoms with Gasteiger partial charge in [0, 0.05) is 13.3 Å². The Morgan fingerprint density at radius 3 is 1.97 bits per heavy atom. The Morgan fingerprint density at radius 1 is 0.966 bits per heavy atom. The van der Waals surface area contributed by atoms with Crippen LogP contribution in [0.1, 0.15) is 61.5 Å². The van der Waals surface area contributed by atoms with Crippen LogP contribution < -0.4 is 5.32 Å². The van der Waals surface area contributed by atoms with Gasteiger partial charge in [-0.1, -0.05) is 61.9 Å². The number of amides is 1. The van der Waals surface area contributed by atoms with Gasteiger partial charge in [-0.15, -0.1) is 0 Å². The van der Waals surface area contributed by atoms with E-state index in [9.17, 15) is 20.1 Å². The molecule has 0 saturated heterocycles. The summed E-state index contributed by atoms with van der Waals surface area (Å²) in [6, 6.07) is 16.4. The van der Waals surface area contributed by atoms with E-state index >= 15 is 0 Å². The van der Waals surface area contributed by atoms with Gasteiger partial charge in [0.15, 0.2) is 0 Å². The average Bonchev–Trinajstić information content (AvgIpc) is 2.72. The molecule has 0 aliphatic rings. The fourth-order valence-electron chi connectivity index (χ4n) is 3.47. The fourth-order valence-corrected chi connectivity index (χ4v) is 3.47. The van der Waals surface area contributed by atoms with Gasteiger partial charge in [0.2, 0.25) is 5.91 Å². The smallest absolute Gasteiger partial charge is 0.217 e. The van der Waals surface area contributed by atoms with Crippen molar-refractivity contribution in [2.24, 2.45) is 0 Å². The van der Waals surface area contributed by atoms with Crippen LogP contribution in [0.25, 0.3) is 0 Å². The lowest BCUT2D eigenvalue weighted by molar-refractivity contribution is -0.122. The lowest BCUT2D eigenvalue weighted by Gasteiger charge is -2.32. The summed E-state index contributed by atoms with van der Waals surface area (Å²) in [6.07, 6.45) is 3.45. The van der Waals surface area contributed by atoms with E-state index in [2.05, 4.69) is 36.5 Å². The molecule has 2 rings (SSSR count). The van der Waals surface area contributed by atoms with Crippen molar-refractivity contribution in [1.82, 2.24) is 5.32 Å². The molecule has 0 heterocycles. The van der Waals surface area contributed by atoms with Crippen LogP contribution in [0.5, 0.6) is 0 Å². The summed E-state index contributed by atoms with van der Waals surface area (Å²) in [6.45, 7) is 2.61. The minimum atomic E-state index is -1.25. The number of aryl methyl sites for hydroxylation is 1. The van der Waals surface area contributed by atoms with Crippen LogP contribution in [0.2, 0.25) is 0 Å². The molecule has 0 aromatic heterocycles. The van der Waals surface area contributed by atoms with Crippen molar-refractivity contribution in [2.45, 2.75) is 57.6 Å². The number of aliphatic hydroxyl groups excluding tert-OH is 3. The summed E-state index contributed by atoms with van der Waals surface area (Å²) in [7, 11) is 0. The summed E-state index contributed by atoms with van der Waals surface area (Å²) in [5, 5.41) is 32.3. The minimum absolute atomic E-state index is 0.0259. The zero-order chi connectivity index (χ0) is 21.3. The van der Waals surface area contributed by atoms with Gasteiger partial charge in [-0.25, -0.2) is 0 Å². The number of unbranched alkanes of at least 4 members (excludes halogenated alkanes) is 1. The van der Waals surface area contributed by atoms with Gasteiger partial charge in [0.1, 0.15) is 0 Å². The second-order valence-corrected chi connectivity index (χ2v) is 7.84. The van der Waals surface area contributed by atoms with Gasteiger partial charge in [-0.05, 0) is 41.5 Å². The topological polar surface area (TPSA) is 89.8 Å². The van der Waals surface area contributed by atoms with Crippen LogP contribution >= 0.6 is 0 Å². The SMILES string of the molecule is CCCCc1ccc(Cc2ccc(C(O)CC(CO)(CO)NC(C)=O)cc2)cc1. The minimum Gasteiger partial charge on any atom is -0.394 e. The molecule has 0 radical (unpaired) electrons. The van der Waals surface area contributed by atoms with E-state index in [1.165, 1.54) is 30.9 Å². The average molecular weight is 400 g/mol. The van der Waals surface area contributed by atoms with Gasteiger partial charge in [-0.2, -0.15) is 0 Å². The van der Waals surface area contributed by atoms with Crippen molar-refractivity contribution in [2.75, 3.05) is 13.2 Å². The molecule has 0 bridgehead atoms. The number of hydrogen-bond acceptors (Lipinski definition) is 4. The third kappa shape index (κ3) is 6.96. The summed E-state index contributed by atoms with van der Waals surface area (Å²) >= 11 is 0. The molecule has 4 N–H and O–H groups in total. The zero-order valence-electron chi connectivity index (χ0n) is 17.4.